The Morgan fingerprint density at radius 1 is 0.404 bits per heavy atom. The van der Waals surface area contributed by atoms with E-state index in [1.165, 1.54) is 27.7 Å². The van der Waals surface area contributed by atoms with Crippen LogP contribution in [0.3, 0.4) is 0 Å². The minimum absolute atomic E-state index is 0.0255. The zero-order chi connectivity index (χ0) is 74.1. The molecule has 12 atom stereocenters. The lowest BCUT2D eigenvalue weighted by Gasteiger charge is -2.26. The topological polar surface area (TPSA) is 640 Å². The summed E-state index contributed by atoms with van der Waals surface area (Å²) in [7, 11) is 0. The van der Waals surface area contributed by atoms with E-state index in [1.807, 2.05) is 6.07 Å². The first-order valence-corrected chi connectivity index (χ1v) is 32.4. The lowest BCUT2D eigenvalue weighted by molar-refractivity contribution is -0.136. The molecule has 2 aromatic carbocycles. The van der Waals surface area contributed by atoms with Gasteiger partial charge >= 0.3 is 0 Å². The molecule has 0 spiro atoms. The smallest absolute Gasteiger partial charge is 0.245 e. The molecule has 37 heteroatoms. The maximum Gasteiger partial charge on any atom is 0.245 e. The first-order valence-electron chi connectivity index (χ1n) is 32.4. The predicted molar refractivity (Wildman–Crippen MR) is 364 cm³/mol. The molecule has 13 amide bonds. The molecule has 0 aliphatic carbocycles. The summed E-state index contributed by atoms with van der Waals surface area (Å²) >= 11 is 0. The first kappa shape index (κ1) is 85.0. The van der Waals surface area contributed by atoms with Gasteiger partial charge in [-0.2, -0.15) is 0 Å². The number of unbranched alkanes of at least 4 members (excludes halogenated alkanes) is 2. The fourth-order valence-electron chi connectivity index (χ4n) is 9.33. The molecule has 0 aliphatic heterocycles. The lowest BCUT2D eigenvalue weighted by Crippen LogP contribution is -2.60. The van der Waals surface area contributed by atoms with Gasteiger partial charge in [-0.1, -0.05) is 60.7 Å². The molecule has 37 nitrogen and oxygen atoms in total. The van der Waals surface area contributed by atoms with Gasteiger partial charge in [0.1, 0.15) is 60.4 Å². The molecule has 0 bridgehead atoms. The van der Waals surface area contributed by atoms with Crippen LogP contribution >= 0.6 is 0 Å². The van der Waals surface area contributed by atoms with Gasteiger partial charge in [0.2, 0.25) is 76.8 Å². The van der Waals surface area contributed by atoms with Gasteiger partial charge in [-0.3, -0.25) is 72.3 Å². The Labute approximate surface area is 574 Å². The fraction of sp³-hybridized carbons (Fsp3) is 0.565. The van der Waals surface area contributed by atoms with Gasteiger partial charge in [-0.05, 0) is 123 Å². The highest BCUT2D eigenvalue weighted by molar-refractivity contribution is 5.99. The minimum atomic E-state index is -1.73. The van der Waals surface area contributed by atoms with Crippen LogP contribution in [0, 0.1) is 0 Å². The Bertz CT molecular complexity index is 3030. The van der Waals surface area contributed by atoms with Crippen LogP contribution in [0.1, 0.15) is 103 Å². The Morgan fingerprint density at radius 3 is 1.23 bits per heavy atom. The fourth-order valence-corrected chi connectivity index (χ4v) is 9.33. The number of nitrogens with zero attached hydrogens (tertiary/aromatic N) is 2. The third kappa shape index (κ3) is 34.1. The Balaban J connectivity index is 2.19. The molecule has 30 N–H and O–H groups in total. The number of hydrogen-bond donors (Lipinski definition) is 22. The Morgan fingerprint density at radius 2 is 0.778 bits per heavy atom. The number of benzene rings is 2. The summed E-state index contributed by atoms with van der Waals surface area (Å²) < 4.78 is 0. The van der Waals surface area contributed by atoms with E-state index in [0.717, 1.165) is 5.56 Å². The van der Waals surface area contributed by atoms with Crippen molar-refractivity contribution in [3.05, 3.63) is 71.8 Å². The number of hydrogen-bond acceptors (Lipinski definition) is 20. The molecular weight excluding hydrogens is 1290 g/mol. The quantitative estimate of drug-likeness (QED) is 0.0166. The number of amides is 13. The van der Waals surface area contributed by atoms with Crippen LogP contribution in [0.25, 0.3) is 0 Å². The number of primary amides is 1. The van der Waals surface area contributed by atoms with Crippen molar-refractivity contribution >= 4 is 88.7 Å². The number of nitrogens with one attached hydrogen (secondary N) is 12. The van der Waals surface area contributed by atoms with Gasteiger partial charge in [0.05, 0.1) is 31.8 Å². The molecule has 0 radical (unpaired) electrons. The molecule has 0 saturated carbocycles. The van der Waals surface area contributed by atoms with E-state index < -0.39 is 169 Å². The van der Waals surface area contributed by atoms with Crippen LogP contribution in [0.4, 0.5) is 0 Å². The maximum atomic E-state index is 14.1. The summed E-state index contributed by atoms with van der Waals surface area (Å²) in [6.07, 6.45) is 0.223. The number of aliphatic hydroxyl groups is 2. The van der Waals surface area contributed by atoms with Crippen molar-refractivity contribution in [3.63, 3.8) is 0 Å². The second kappa shape index (κ2) is 46.2. The molecular formula is C62H102N22O15. The molecule has 0 heterocycles. The number of guanidine groups is 2. The Hall–Kier alpha value is -10.1. The second-order valence-corrected chi connectivity index (χ2v) is 23.4. The van der Waals surface area contributed by atoms with E-state index in [0.29, 0.717) is 31.4 Å². The summed E-state index contributed by atoms with van der Waals surface area (Å²) in [5.74, 6) is -12.1. The zero-order valence-electron chi connectivity index (χ0n) is 56.4. The normalized spacial score (nSPS) is 14.5. The van der Waals surface area contributed by atoms with Crippen LogP contribution in [0.2, 0.25) is 0 Å². The molecule has 550 valence electrons. The molecule has 2 rings (SSSR count). The maximum absolute atomic E-state index is 14.1. The average Bonchev–Trinajstić information content (AvgIpc) is 0.883. The molecule has 0 aliphatic rings. The summed E-state index contributed by atoms with van der Waals surface area (Å²) in [5.41, 5.74) is 46.0. The zero-order valence-corrected chi connectivity index (χ0v) is 56.4. The summed E-state index contributed by atoms with van der Waals surface area (Å²) in [6.45, 7) is 3.11. The van der Waals surface area contributed by atoms with E-state index in [-0.39, 0.29) is 89.3 Å². The van der Waals surface area contributed by atoms with Gasteiger partial charge in [0, 0.05) is 19.5 Å². The largest absolute Gasteiger partial charge is 0.394 e. The summed E-state index contributed by atoms with van der Waals surface area (Å²) in [5, 5.41) is 50.3. The van der Waals surface area contributed by atoms with Gasteiger partial charge in [0.25, 0.3) is 0 Å². The number of aliphatic imine (C=N–C) groups is 2. The molecule has 0 unspecified atom stereocenters. The average molecular weight is 1400 g/mol. The second-order valence-electron chi connectivity index (χ2n) is 23.4. The number of carbonyl (C=O) groups excluding carboxylic acids is 13. The number of aliphatic hydroxyl groups excluding tert-OH is 2. The number of carbonyl (C=O) groups is 13. The van der Waals surface area contributed by atoms with Crippen LogP contribution in [0.15, 0.2) is 70.6 Å². The van der Waals surface area contributed by atoms with Crippen molar-refractivity contribution in [2.45, 2.75) is 177 Å². The monoisotopic (exact) mass is 1390 g/mol. The number of rotatable bonds is 47. The molecule has 0 aromatic heterocycles. The first-order chi connectivity index (χ1) is 46.9. The molecule has 99 heavy (non-hydrogen) atoms. The highest BCUT2D eigenvalue weighted by atomic mass is 16.3. The lowest BCUT2D eigenvalue weighted by atomic mass is 10.0. The van der Waals surface area contributed by atoms with E-state index in [2.05, 4.69) is 73.8 Å². The van der Waals surface area contributed by atoms with Gasteiger partial charge in [0.15, 0.2) is 11.9 Å². The summed E-state index contributed by atoms with van der Waals surface area (Å²) in [6, 6.07) is 2.30. The SMILES string of the molecule is C[C@H](NC(=O)CNC(=O)[C@@H](NC(=O)[C@H](Cc1ccccc1)NC(=O)CNC(=O)[C@@H](C)NC(=O)[C@@H](N)Cc1ccccc1)[C@@H](C)O)C(=O)N[C@@H](CCCN=C(N)N)C(=O)N[C@@H](CCCCN)C(=O)N[C@@H](CO)C(=O)N[C@@H](C)C(=O)N[C@@H](CCCN=C(N)N)C(=O)N[C@@H](CCCCN)C(N)=O. The van der Waals surface area contributed by atoms with Crippen molar-refractivity contribution in [1.29, 1.82) is 0 Å². The highest BCUT2D eigenvalue weighted by Crippen LogP contribution is 2.10. The molecule has 0 fully saturated rings. The van der Waals surface area contributed by atoms with Crippen LogP contribution < -0.4 is 110 Å². The van der Waals surface area contributed by atoms with Gasteiger partial charge < -0.3 is 120 Å². The standard InChI is InChI=1S/C62H102N22O15/c1-34(76-54(93)40(65)29-38-17-7-5-8-18-38)51(90)73-32-48(88)78-45(30-39-19-9-6-10-20-39)58(97)84-49(37(4)86)60(99)74-31-47(87)75-35(2)52(91)80-44(24-16-28-72-62(69)70)56(95)82-42(22-12-14-26-64)57(96)83-46(33-85)59(98)77-36(3)53(92)81-43(23-15-27-71-61(67)68)55(94)79-41(50(66)89)21-11-13-25-63/h5-10,17-20,34-37,40-46,49,85-86H,11-16,21-33,63-65H2,1-4H3,(H2,66,89)(H,73,90)(H,74,99)(H,75,87)(H,76,93)(H,77,98)(H,78,88)(H,79,94)(H,80,91)(H,81,92)(H,82,95)(H,83,96)(H,84,97)(H4,67,68,71)(H4,69,70,72)/t34-,35+,36+,37-,40+,41+,42+,43+,44+,45+,46+,49+/m1/s1. The summed E-state index contributed by atoms with van der Waals surface area (Å²) in [4.78, 5) is 182. The van der Waals surface area contributed by atoms with Gasteiger partial charge in [-0.15, -0.1) is 0 Å². The molecule has 2 aromatic rings. The highest BCUT2D eigenvalue weighted by Gasteiger charge is 2.35. The van der Waals surface area contributed by atoms with Gasteiger partial charge in [-0.25, -0.2) is 0 Å². The van der Waals surface area contributed by atoms with E-state index in [9.17, 15) is 72.5 Å². The van der Waals surface area contributed by atoms with E-state index >= 15 is 0 Å². The number of nitrogens with two attached hydrogens (primary N) is 8. The van der Waals surface area contributed by atoms with Crippen molar-refractivity contribution in [1.82, 2.24) is 63.8 Å². The van der Waals surface area contributed by atoms with Crippen LogP contribution in [0.5, 0.6) is 0 Å². The van der Waals surface area contributed by atoms with Crippen molar-refractivity contribution < 1.29 is 72.5 Å². The predicted octanol–water partition coefficient (Wildman–Crippen LogP) is -8.84. The molecule has 0 saturated heterocycles. The van der Waals surface area contributed by atoms with Crippen LogP contribution in [-0.4, -0.2) is 217 Å². The third-order valence-electron chi connectivity index (χ3n) is 14.9. The van der Waals surface area contributed by atoms with Crippen molar-refractivity contribution in [2.75, 3.05) is 45.9 Å². The third-order valence-corrected chi connectivity index (χ3v) is 14.9. The van der Waals surface area contributed by atoms with Crippen LogP contribution in [-0.2, 0) is 75.2 Å². The van der Waals surface area contributed by atoms with E-state index in [4.69, 9.17) is 45.9 Å². The van der Waals surface area contributed by atoms with Crippen molar-refractivity contribution in [3.8, 4) is 0 Å². The van der Waals surface area contributed by atoms with E-state index in [1.54, 1.807) is 54.6 Å². The Kier molecular flexibility index (Phi) is 39.6. The minimum Gasteiger partial charge on any atom is -0.394 e. The van der Waals surface area contributed by atoms with Crippen molar-refractivity contribution in [2.24, 2.45) is 55.9 Å².